The van der Waals surface area contributed by atoms with Crippen molar-refractivity contribution in [3.63, 3.8) is 0 Å². The van der Waals surface area contributed by atoms with Crippen LogP contribution in [-0.2, 0) is 20.7 Å². The largest absolute Gasteiger partial charge is 0.449 e. The van der Waals surface area contributed by atoms with Crippen LogP contribution in [0.4, 0.5) is 11.4 Å². The van der Waals surface area contributed by atoms with Crippen molar-refractivity contribution in [2.24, 2.45) is 0 Å². The van der Waals surface area contributed by atoms with Crippen molar-refractivity contribution < 1.29 is 19.1 Å². The quantitative estimate of drug-likeness (QED) is 0.806. The Morgan fingerprint density at radius 2 is 2.04 bits per heavy atom. The summed E-state index contributed by atoms with van der Waals surface area (Å²) in [5, 5.41) is 2.75. The summed E-state index contributed by atoms with van der Waals surface area (Å²) in [6, 6.07) is 12.8. The lowest BCUT2D eigenvalue weighted by atomic mass is 10.1. The molecule has 1 N–H and O–H groups in total. The lowest BCUT2D eigenvalue weighted by molar-refractivity contribution is -0.126. The second-order valence-corrected chi connectivity index (χ2v) is 8.00. The summed E-state index contributed by atoms with van der Waals surface area (Å²) < 4.78 is 5.44. The van der Waals surface area contributed by atoms with Gasteiger partial charge in [0.2, 0.25) is 5.91 Å². The molecule has 0 bridgehead atoms. The molecule has 0 radical (unpaired) electrons. The molecule has 0 saturated carbocycles. The van der Waals surface area contributed by atoms with E-state index in [1.165, 1.54) is 11.8 Å². The van der Waals surface area contributed by atoms with Crippen LogP contribution >= 0.6 is 11.8 Å². The molecule has 2 amide bonds. The predicted octanol–water partition coefficient (Wildman–Crippen LogP) is 3.25. The molecular weight excluding hydrogens is 376 g/mol. The monoisotopic (exact) mass is 396 g/mol. The lowest BCUT2D eigenvalue weighted by Crippen LogP contribution is -2.43. The molecule has 2 heterocycles. The Hall–Kier alpha value is -2.80. The van der Waals surface area contributed by atoms with Gasteiger partial charge in [-0.3, -0.25) is 9.59 Å². The number of rotatable bonds is 3. The summed E-state index contributed by atoms with van der Waals surface area (Å²) in [5.74, 6) is -0.577. The number of hydrogen-bond donors (Lipinski definition) is 1. The van der Waals surface area contributed by atoms with Crippen LogP contribution in [0.3, 0.4) is 0 Å². The fourth-order valence-corrected chi connectivity index (χ4v) is 4.37. The van der Waals surface area contributed by atoms with Crippen LogP contribution in [0, 0.1) is 0 Å². The summed E-state index contributed by atoms with van der Waals surface area (Å²) in [7, 11) is 0. The Morgan fingerprint density at radius 1 is 1.25 bits per heavy atom. The van der Waals surface area contributed by atoms with Gasteiger partial charge in [0.05, 0.1) is 17.0 Å². The van der Waals surface area contributed by atoms with Crippen LogP contribution in [0.5, 0.6) is 0 Å². The number of nitrogens with zero attached hydrogens (tertiary/aromatic N) is 1. The topological polar surface area (TPSA) is 75.7 Å². The summed E-state index contributed by atoms with van der Waals surface area (Å²) in [5.41, 5.74) is 2.88. The molecule has 2 aliphatic heterocycles. The Morgan fingerprint density at radius 3 is 2.86 bits per heavy atom. The third-order valence-electron chi connectivity index (χ3n) is 4.92. The minimum absolute atomic E-state index is 0.0158. The second kappa shape index (κ2) is 7.31. The van der Waals surface area contributed by atoms with Crippen molar-refractivity contribution in [1.82, 2.24) is 0 Å². The maximum absolute atomic E-state index is 12.9. The summed E-state index contributed by atoms with van der Waals surface area (Å²) in [4.78, 5) is 39.7. The number of benzene rings is 2. The van der Waals surface area contributed by atoms with Crippen molar-refractivity contribution >= 4 is 40.9 Å². The first-order valence-electron chi connectivity index (χ1n) is 9.12. The van der Waals surface area contributed by atoms with Gasteiger partial charge in [0.25, 0.3) is 5.91 Å². The van der Waals surface area contributed by atoms with E-state index < -0.39 is 12.1 Å². The first kappa shape index (κ1) is 18.6. The predicted molar refractivity (Wildman–Crippen MR) is 108 cm³/mol. The van der Waals surface area contributed by atoms with Gasteiger partial charge in [0, 0.05) is 16.6 Å². The highest BCUT2D eigenvalue weighted by molar-refractivity contribution is 8.00. The number of carbonyl (C=O) groups excluding carboxylic acids is 3. The molecule has 4 rings (SSSR count). The third kappa shape index (κ3) is 3.38. The van der Waals surface area contributed by atoms with Gasteiger partial charge >= 0.3 is 5.97 Å². The summed E-state index contributed by atoms with van der Waals surface area (Å²) in [6.07, 6.45) is -0.133. The number of carbonyl (C=O) groups is 3. The van der Waals surface area contributed by atoms with Crippen molar-refractivity contribution in [1.29, 1.82) is 0 Å². The summed E-state index contributed by atoms with van der Waals surface area (Å²) >= 11 is 1.42. The zero-order chi connectivity index (χ0) is 19.8. The van der Waals surface area contributed by atoms with Crippen molar-refractivity contribution in [2.75, 3.05) is 16.0 Å². The van der Waals surface area contributed by atoms with Gasteiger partial charge < -0.3 is 15.0 Å². The Kier molecular flexibility index (Phi) is 4.85. The van der Waals surface area contributed by atoms with E-state index in [9.17, 15) is 14.4 Å². The van der Waals surface area contributed by atoms with Gasteiger partial charge in [-0.15, -0.1) is 11.8 Å². The van der Waals surface area contributed by atoms with Crippen molar-refractivity contribution in [3.8, 4) is 0 Å². The van der Waals surface area contributed by atoms with E-state index in [4.69, 9.17) is 4.74 Å². The second-order valence-electron chi connectivity index (χ2n) is 6.99. The third-order valence-corrected chi connectivity index (χ3v) is 6.00. The molecular formula is C21H20N2O4S. The van der Waals surface area contributed by atoms with E-state index >= 15 is 0 Å². The smallest absolute Gasteiger partial charge is 0.338 e. The number of anilines is 2. The van der Waals surface area contributed by atoms with Gasteiger partial charge in [0.15, 0.2) is 6.10 Å². The minimum atomic E-state index is -0.916. The molecule has 2 aromatic rings. The average molecular weight is 396 g/mol. The number of fused-ring (bicyclic) bond motifs is 2. The number of nitrogens with one attached hydrogen (secondary N) is 1. The Bertz CT molecular complexity index is 975. The maximum atomic E-state index is 12.9. The molecule has 7 heteroatoms. The van der Waals surface area contributed by atoms with Crippen molar-refractivity contribution in [2.45, 2.75) is 37.3 Å². The van der Waals surface area contributed by atoms with E-state index in [0.717, 1.165) is 22.6 Å². The Balaban J connectivity index is 1.48. The van der Waals surface area contributed by atoms with E-state index in [1.807, 2.05) is 31.2 Å². The molecule has 0 fully saturated rings. The van der Waals surface area contributed by atoms with Crippen LogP contribution in [0.2, 0.25) is 0 Å². The molecule has 0 aliphatic carbocycles. The van der Waals surface area contributed by atoms with E-state index in [0.29, 0.717) is 17.0 Å². The SMILES string of the molecule is C[C@@H](OC(=O)c1ccc2c(c1)NC(=O)CS2)C(=O)N1c2ccccc2C[C@@H]1C. The van der Waals surface area contributed by atoms with Crippen LogP contribution in [0.25, 0.3) is 0 Å². The highest BCUT2D eigenvalue weighted by Gasteiger charge is 2.34. The number of para-hydroxylation sites is 1. The molecule has 0 spiro atoms. The molecule has 0 unspecified atom stereocenters. The van der Waals surface area contributed by atoms with Gasteiger partial charge in [-0.1, -0.05) is 18.2 Å². The van der Waals surface area contributed by atoms with Gasteiger partial charge in [-0.05, 0) is 50.1 Å². The highest BCUT2D eigenvalue weighted by Crippen LogP contribution is 2.34. The minimum Gasteiger partial charge on any atom is -0.449 e. The Labute approximate surface area is 167 Å². The maximum Gasteiger partial charge on any atom is 0.338 e. The van der Waals surface area contributed by atoms with E-state index in [1.54, 1.807) is 30.0 Å². The molecule has 28 heavy (non-hydrogen) atoms. The molecule has 2 atom stereocenters. The normalized spacial score (nSPS) is 18.7. The van der Waals surface area contributed by atoms with E-state index in [-0.39, 0.29) is 17.9 Å². The number of amides is 2. The summed E-state index contributed by atoms with van der Waals surface area (Å²) in [6.45, 7) is 3.57. The number of hydrogen-bond acceptors (Lipinski definition) is 5. The number of esters is 1. The van der Waals surface area contributed by atoms with Gasteiger partial charge in [-0.25, -0.2) is 4.79 Å². The van der Waals surface area contributed by atoms with Crippen LogP contribution in [0.1, 0.15) is 29.8 Å². The van der Waals surface area contributed by atoms with Crippen LogP contribution in [0.15, 0.2) is 47.4 Å². The fraction of sp³-hybridized carbons (Fsp3) is 0.286. The van der Waals surface area contributed by atoms with Gasteiger partial charge in [-0.2, -0.15) is 0 Å². The molecule has 2 aliphatic rings. The fourth-order valence-electron chi connectivity index (χ4n) is 3.59. The van der Waals surface area contributed by atoms with E-state index in [2.05, 4.69) is 5.32 Å². The standard InChI is InChI=1S/C21H20N2O4S/c1-12-9-14-5-3-4-6-17(14)23(12)20(25)13(2)27-21(26)15-7-8-18-16(10-15)22-19(24)11-28-18/h3-8,10,12-13H,9,11H2,1-2H3,(H,22,24)/t12-,13+/m0/s1. The first-order valence-corrected chi connectivity index (χ1v) is 10.1. The van der Waals surface area contributed by atoms with Gasteiger partial charge in [0.1, 0.15) is 0 Å². The molecule has 0 saturated heterocycles. The van der Waals surface area contributed by atoms with Crippen LogP contribution in [-0.4, -0.2) is 35.7 Å². The van der Waals surface area contributed by atoms with Crippen LogP contribution < -0.4 is 10.2 Å². The average Bonchev–Trinajstić information content (AvgIpc) is 3.02. The molecule has 2 aromatic carbocycles. The number of ether oxygens (including phenoxy) is 1. The molecule has 6 nitrogen and oxygen atoms in total. The first-order chi connectivity index (χ1) is 13.4. The lowest BCUT2D eigenvalue weighted by Gasteiger charge is -2.26. The molecule has 0 aromatic heterocycles. The zero-order valence-corrected chi connectivity index (χ0v) is 16.4. The number of thioether (sulfide) groups is 1. The zero-order valence-electron chi connectivity index (χ0n) is 15.6. The van der Waals surface area contributed by atoms with Crippen molar-refractivity contribution in [3.05, 3.63) is 53.6 Å². The molecule has 144 valence electrons. The highest BCUT2D eigenvalue weighted by atomic mass is 32.2.